The summed E-state index contributed by atoms with van der Waals surface area (Å²) in [7, 11) is 0. The van der Waals surface area contributed by atoms with Crippen LogP contribution in [0.3, 0.4) is 0 Å². The summed E-state index contributed by atoms with van der Waals surface area (Å²) >= 11 is 1.51. The van der Waals surface area contributed by atoms with Gasteiger partial charge in [0.15, 0.2) is 0 Å². The average molecular weight is 332 g/mol. The second-order valence-corrected chi connectivity index (χ2v) is 6.16. The summed E-state index contributed by atoms with van der Waals surface area (Å²) in [5, 5.41) is 17.4. The maximum Gasteiger partial charge on any atom is 0.287 e. The van der Waals surface area contributed by atoms with Gasteiger partial charge in [0.25, 0.3) is 11.6 Å². The Hall–Kier alpha value is -2.48. The van der Waals surface area contributed by atoms with E-state index in [9.17, 15) is 14.9 Å². The lowest BCUT2D eigenvalue weighted by molar-refractivity contribution is -0.385. The van der Waals surface area contributed by atoms with E-state index in [0.717, 1.165) is 31.7 Å². The van der Waals surface area contributed by atoms with Gasteiger partial charge in [0.1, 0.15) is 12.0 Å². The van der Waals surface area contributed by atoms with Gasteiger partial charge in [-0.05, 0) is 30.4 Å². The molecule has 0 aromatic carbocycles. The second kappa shape index (κ2) is 6.74. The summed E-state index contributed by atoms with van der Waals surface area (Å²) in [6, 6.07) is 5.10. The van der Waals surface area contributed by atoms with Crippen molar-refractivity contribution in [3.63, 3.8) is 0 Å². The van der Waals surface area contributed by atoms with Crippen LogP contribution in [0, 0.1) is 10.1 Å². The molecule has 0 bridgehead atoms. The maximum atomic E-state index is 12.0. The molecule has 3 heterocycles. The van der Waals surface area contributed by atoms with Crippen LogP contribution in [0.2, 0.25) is 0 Å². The zero-order chi connectivity index (χ0) is 16.2. The Morgan fingerprint density at radius 1 is 1.35 bits per heavy atom. The first-order valence-electron chi connectivity index (χ1n) is 7.32. The van der Waals surface area contributed by atoms with Crippen molar-refractivity contribution in [2.45, 2.75) is 18.9 Å². The third-order valence-electron chi connectivity index (χ3n) is 3.88. The van der Waals surface area contributed by atoms with Crippen molar-refractivity contribution in [3.05, 3.63) is 50.8 Å². The third-order valence-corrected chi connectivity index (χ3v) is 4.56. The Kier molecular flexibility index (Phi) is 4.52. The Morgan fingerprint density at radius 3 is 2.70 bits per heavy atom. The minimum atomic E-state index is -0.455. The Balaban J connectivity index is 1.54. The highest BCUT2D eigenvalue weighted by molar-refractivity contribution is 7.08. The van der Waals surface area contributed by atoms with E-state index in [1.54, 1.807) is 6.07 Å². The fourth-order valence-corrected chi connectivity index (χ4v) is 3.22. The summed E-state index contributed by atoms with van der Waals surface area (Å²) < 4.78 is 0. The first-order valence-corrected chi connectivity index (χ1v) is 8.26. The monoisotopic (exact) mass is 332 g/mol. The standard InChI is InChI=1S/C15H16N4O3S/c20-15(11-5-8-23-10-11)17-12-3-6-18(7-4-12)14-2-1-13(9-16-14)19(21)22/h1-2,5,8-10,12H,3-4,6-7H2,(H,17,20). The molecule has 8 heteroatoms. The Morgan fingerprint density at radius 2 is 2.13 bits per heavy atom. The largest absolute Gasteiger partial charge is 0.356 e. The van der Waals surface area contributed by atoms with E-state index in [4.69, 9.17) is 0 Å². The minimum Gasteiger partial charge on any atom is -0.356 e. The van der Waals surface area contributed by atoms with Crippen LogP contribution in [0.4, 0.5) is 11.5 Å². The van der Waals surface area contributed by atoms with Crippen LogP contribution in [0.25, 0.3) is 0 Å². The van der Waals surface area contributed by atoms with Gasteiger partial charge in [-0.25, -0.2) is 4.98 Å². The molecule has 1 saturated heterocycles. The van der Waals surface area contributed by atoms with Gasteiger partial charge in [-0.3, -0.25) is 14.9 Å². The predicted molar refractivity (Wildman–Crippen MR) is 87.9 cm³/mol. The molecule has 7 nitrogen and oxygen atoms in total. The van der Waals surface area contributed by atoms with E-state index in [1.807, 2.05) is 16.8 Å². The maximum absolute atomic E-state index is 12.0. The van der Waals surface area contributed by atoms with E-state index in [0.29, 0.717) is 5.56 Å². The number of hydrogen-bond acceptors (Lipinski definition) is 6. The zero-order valence-electron chi connectivity index (χ0n) is 12.3. The molecule has 1 fully saturated rings. The van der Waals surface area contributed by atoms with Crippen LogP contribution in [-0.2, 0) is 0 Å². The van der Waals surface area contributed by atoms with Gasteiger partial charge in [0.2, 0.25) is 0 Å². The number of hydrogen-bond donors (Lipinski definition) is 1. The van der Waals surface area contributed by atoms with Crippen molar-refractivity contribution >= 4 is 28.7 Å². The lowest BCUT2D eigenvalue weighted by atomic mass is 10.0. The van der Waals surface area contributed by atoms with Crippen LogP contribution in [0.5, 0.6) is 0 Å². The minimum absolute atomic E-state index is 0.00772. The molecule has 1 aliphatic rings. The van der Waals surface area contributed by atoms with Crippen molar-refractivity contribution < 1.29 is 9.72 Å². The molecule has 120 valence electrons. The van der Waals surface area contributed by atoms with E-state index >= 15 is 0 Å². The van der Waals surface area contributed by atoms with Crippen molar-refractivity contribution in [1.29, 1.82) is 0 Å². The normalized spacial score (nSPS) is 15.4. The number of nitrogens with zero attached hydrogens (tertiary/aromatic N) is 3. The number of nitrogens with one attached hydrogen (secondary N) is 1. The van der Waals surface area contributed by atoms with E-state index < -0.39 is 4.92 Å². The smallest absolute Gasteiger partial charge is 0.287 e. The van der Waals surface area contributed by atoms with E-state index in [1.165, 1.54) is 23.6 Å². The summed E-state index contributed by atoms with van der Waals surface area (Å²) in [6.07, 6.45) is 2.93. The highest BCUT2D eigenvalue weighted by Gasteiger charge is 2.22. The predicted octanol–water partition coefficient (Wildman–Crippen LogP) is 2.45. The molecule has 1 aliphatic heterocycles. The lowest BCUT2D eigenvalue weighted by Crippen LogP contribution is -2.44. The van der Waals surface area contributed by atoms with Crippen LogP contribution in [-0.4, -0.2) is 34.9 Å². The van der Waals surface area contributed by atoms with Crippen LogP contribution in [0.15, 0.2) is 35.2 Å². The van der Waals surface area contributed by atoms with Crippen LogP contribution < -0.4 is 10.2 Å². The molecule has 1 N–H and O–H groups in total. The van der Waals surface area contributed by atoms with E-state index in [2.05, 4.69) is 15.2 Å². The molecule has 0 saturated carbocycles. The van der Waals surface area contributed by atoms with Gasteiger partial charge in [-0.15, -0.1) is 0 Å². The molecule has 23 heavy (non-hydrogen) atoms. The number of thiophene rings is 1. The van der Waals surface area contributed by atoms with E-state index in [-0.39, 0.29) is 17.6 Å². The number of aromatic nitrogens is 1. The van der Waals surface area contributed by atoms with Crippen molar-refractivity contribution in [3.8, 4) is 0 Å². The highest BCUT2D eigenvalue weighted by Crippen LogP contribution is 2.20. The number of rotatable bonds is 4. The molecule has 1 amide bonds. The number of pyridine rings is 1. The topological polar surface area (TPSA) is 88.4 Å². The van der Waals surface area contributed by atoms with Gasteiger partial charge in [-0.2, -0.15) is 11.3 Å². The van der Waals surface area contributed by atoms with Crippen molar-refractivity contribution in [1.82, 2.24) is 10.3 Å². The molecular weight excluding hydrogens is 316 g/mol. The van der Waals surface area contributed by atoms with Crippen molar-refractivity contribution in [2.24, 2.45) is 0 Å². The molecule has 0 unspecified atom stereocenters. The Labute approximate surface area is 137 Å². The van der Waals surface area contributed by atoms with Gasteiger partial charge in [0.05, 0.1) is 4.92 Å². The average Bonchev–Trinajstić information content (AvgIpc) is 3.10. The van der Waals surface area contributed by atoms with Crippen LogP contribution >= 0.6 is 11.3 Å². The van der Waals surface area contributed by atoms with Crippen molar-refractivity contribution in [2.75, 3.05) is 18.0 Å². The number of piperidine rings is 1. The first kappa shape index (κ1) is 15.4. The van der Waals surface area contributed by atoms with Gasteiger partial charge >= 0.3 is 0 Å². The zero-order valence-corrected chi connectivity index (χ0v) is 13.2. The van der Waals surface area contributed by atoms with Gasteiger partial charge in [-0.1, -0.05) is 0 Å². The Bertz CT molecular complexity index is 679. The highest BCUT2D eigenvalue weighted by atomic mass is 32.1. The summed E-state index contributed by atoms with van der Waals surface area (Å²) in [5.74, 6) is 0.705. The molecule has 0 radical (unpaired) electrons. The number of carbonyl (C=O) groups excluding carboxylic acids is 1. The third kappa shape index (κ3) is 3.65. The lowest BCUT2D eigenvalue weighted by Gasteiger charge is -2.33. The second-order valence-electron chi connectivity index (χ2n) is 5.38. The van der Waals surface area contributed by atoms with Gasteiger partial charge in [0, 0.05) is 36.1 Å². The number of nitro groups is 1. The molecule has 2 aromatic rings. The molecule has 0 atom stereocenters. The van der Waals surface area contributed by atoms with Crippen LogP contribution in [0.1, 0.15) is 23.2 Å². The first-order chi connectivity index (χ1) is 11.1. The number of carbonyl (C=O) groups is 1. The molecule has 3 rings (SSSR count). The molecule has 2 aromatic heterocycles. The summed E-state index contributed by atoms with van der Waals surface area (Å²) in [6.45, 7) is 1.53. The SMILES string of the molecule is O=C(NC1CCN(c2ccc([N+](=O)[O-])cn2)CC1)c1ccsc1. The number of amides is 1. The fourth-order valence-electron chi connectivity index (χ4n) is 2.59. The molecular formula is C15H16N4O3S. The quantitative estimate of drug-likeness (QED) is 0.686. The van der Waals surface area contributed by atoms with Gasteiger partial charge < -0.3 is 10.2 Å². The fraction of sp³-hybridized carbons (Fsp3) is 0.333. The summed E-state index contributed by atoms with van der Waals surface area (Å²) in [5.41, 5.74) is 0.695. The summed E-state index contributed by atoms with van der Waals surface area (Å²) in [4.78, 5) is 28.5. The molecule has 0 aliphatic carbocycles. The number of anilines is 1. The molecule has 0 spiro atoms.